The number of nitrogens with zero attached hydrogens (tertiary/aromatic N) is 1. The van der Waals surface area contributed by atoms with Crippen LogP contribution in [0, 0.1) is 0 Å². The van der Waals surface area contributed by atoms with Gasteiger partial charge in [-0.3, -0.25) is 14.5 Å². The molecule has 1 N–H and O–H groups in total. The second-order valence-electron chi connectivity index (χ2n) is 4.20. The molecule has 1 aliphatic heterocycles. The van der Waals surface area contributed by atoms with E-state index in [1.807, 2.05) is 0 Å². The van der Waals surface area contributed by atoms with Crippen molar-refractivity contribution in [1.29, 1.82) is 0 Å². The van der Waals surface area contributed by atoms with E-state index in [4.69, 9.17) is 4.42 Å². The number of likely N-dealkylation sites (tertiary alicyclic amines) is 1. The lowest BCUT2D eigenvalue weighted by Gasteiger charge is -2.30. The standard InChI is InChI=1S/C12H13NO5/c14-10-2-1-3-11(15)13(10)9(12(16)17)6-8-4-5-18-7-8/h4-5,7,9H,1-3,6H2,(H,16,17). The zero-order valence-electron chi connectivity index (χ0n) is 9.67. The number of carboxylic acids is 1. The minimum atomic E-state index is -1.18. The van der Waals surface area contributed by atoms with E-state index in [2.05, 4.69) is 0 Å². The summed E-state index contributed by atoms with van der Waals surface area (Å²) in [5, 5.41) is 9.18. The summed E-state index contributed by atoms with van der Waals surface area (Å²) in [6.07, 6.45) is 3.85. The van der Waals surface area contributed by atoms with Gasteiger partial charge in [0.1, 0.15) is 6.04 Å². The molecule has 0 bridgehead atoms. The quantitative estimate of drug-likeness (QED) is 0.800. The van der Waals surface area contributed by atoms with E-state index in [0.29, 0.717) is 12.0 Å². The Morgan fingerprint density at radius 3 is 2.56 bits per heavy atom. The molecule has 6 nitrogen and oxygen atoms in total. The van der Waals surface area contributed by atoms with Gasteiger partial charge in [0.15, 0.2) is 0 Å². The number of carbonyl (C=O) groups is 3. The fourth-order valence-electron chi connectivity index (χ4n) is 2.04. The molecular weight excluding hydrogens is 238 g/mol. The van der Waals surface area contributed by atoms with E-state index < -0.39 is 23.8 Å². The number of carbonyl (C=O) groups excluding carboxylic acids is 2. The lowest BCUT2D eigenvalue weighted by Crippen LogP contribution is -2.51. The molecule has 1 aromatic rings. The predicted molar refractivity (Wildman–Crippen MR) is 59.5 cm³/mol. The first-order valence-electron chi connectivity index (χ1n) is 5.68. The van der Waals surface area contributed by atoms with Crippen molar-refractivity contribution >= 4 is 17.8 Å². The van der Waals surface area contributed by atoms with Crippen molar-refractivity contribution in [2.75, 3.05) is 0 Å². The highest BCUT2D eigenvalue weighted by atomic mass is 16.4. The summed E-state index contributed by atoms with van der Waals surface area (Å²) in [5.74, 6) is -2.01. The fraction of sp³-hybridized carbons (Fsp3) is 0.417. The number of hydrogen-bond acceptors (Lipinski definition) is 4. The Kier molecular flexibility index (Phi) is 3.45. The summed E-state index contributed by atoms with van der Waals surface area (Å²) >= 11 is 0. The maximum atomic E-state index is 11.7. The van der Waals surface area contributed by atoms with E-state index in [-0.39, 0.29) is 19.3 Å². The molecule has 0 aromatic carbocycles. The first-order valence-corrected chi connectivity index (χ1v) is 5.68. The van der Waals surface area contributed by atoms with Gasteiger partial charge in [-0.2, -0.15) is 0 Å². The lowest BCUT2D eigenvalue weighted by molar-refractivity contribution is -0.160. The van der Waals surface area contributed by atoms with E-state index in [9.17, 15) is 19.5 Å². The van der Waals surface area contributed by atoms with Gasteiger partial charge in [-0.15, -0.1) is 0 Å². The Labute approximate surface area is 103 Å². The molecule has 1 atom stereocenters. The number of hydrogen-bond donors (Lipinski definition) is 1. The molecule has 96 valence electrons. The van der Waals surface area contributed by atoms with Crippen molar-refractivity contribution in [1.82, 2.24) is 4.90 Å². The molecule has 0 aliphatic carbocycles. The molecule has 1 aromatic heterocycles. The molecule has 1 aliphatic rings. The highest BCUT2D eigenvalue weighted by Crippen LogP contribution is 2.18. The molecule has 1 fully saturated rings. The van der Waals surface area contributed by atoms with Crippen molar-refractivity contribution in [2.45, 2.75) is 31.7 Å². The lowest BCUT2D eigenvalue weighted by atomic mass is 10.0. The maximum absolute atomic E-state index is 11.7. The first-order chi connectivity index (χ1) is 8.59. The zero-order valence-corrected chi connectivity index (χ0v) is 9.67. The maximum Gasteiger partial charge on any atom is 0.327 e. The molecule has 0 spiro atoms. The predicted octanol–water partition coefficient (Wildman–Crippen LogP) is 0.814. The van der Waals surface area contributed by atoms with Crippen LogP contribution >= 0.6 is 0 Å². The Morgan fingerprint density at radius 2 is 2.06 bits per heavy atom. The van der Waals surface area contributed by atoms with Crippen LogP contribution in [0.2, 0.25) is 0 Å². The van der Waals surface area contributed by atoms with Crippen LogP contribution in [0.1, 0.15) is 24.8 Å². The summed E-state index contributed by atoms with van der Waals surface area (Å²) in [4.78, 5) is 35.5. The fourth-order valence-corrected chi connectivity index (χ4v) is 2.04. The van der Waals surface area contributed by atoms with E-state index in [1.54, 1.807) is 6.07 Å². The second-order valence-corrected chi connectivity index (χ2v) is 4.20. The van der Waals surface area contributed by atoms with Crippen LogP contribution in [-0.2, 0) is 20.8 Å². The average Bonchev–Trinajstić information content (AvgIpc) is 2.80. The summed E-state index contributed by atoms with van der Waals surface area (Å²) in [6.45, 7) is 0. The molecule has 6 heteroatoms. The topological polar surface area (TPSA) is 87.8 Å². The molecule has 1 unspecified atom stereocenters. The summed E-state index contributed by atoms with van der Waals surface area (Å²) in [6, 6.07) is 0.470. The molecule has 1 saturated heterocycles. The summed E-state index contributed by atoms with van der Waals surface area (Å²) in [5.41, 5.74) is 0.647. The molecular formula is C12H13NO5. The minimum Gasteiger partial charge on any atom is -0.480 e. The number of imide groups is 1. The number of amides is 2. The SMILES string of the molecule is O=C(O)C(Cc1ccoc1)N1C(=O)CCCC1=O. The molecule has 0 saturated carbocycles. The normalized spacial score (nSPS) is 17.9. The van der Waals surface area contributed by atoms with Gasteiger partial charge < -0.3 is 9.52 Å². The highest BCUT2D eigenvalue weighted by molar-refractivity contribution is 6.01. The average molecular weight is 251 g/mol. The first kappa shape index (κ1) is 12.3. The Balaban J connectivity index is 2.21. The van der Waals surface area contributed by atoms with E-state index >= 15 is 0 Å². The third-order valence-corrected chi connectivity index (χ3v) is 2.92. The summed E-state index contributed by atoms with van der Waals surface area (Å²) < 4.78 is 4.85. The molecule has 2 amide bonds. The molecule has 2 rings (SSSR count). The summed E-state index contributed by atoms with van der Waals surface area (Å²) in [7, 11) is 0. The highest BCUT2D eigenvalue weighted by Gasteiger charge is 2.36. The van der Waals surface area contributed by atoms with Crippen LogP contribution < -0.4 is 0 Å². The van der Waals surface area contributed by atoms with Crippen LogP contribution in [0.5, 0.6) is 0 Å². The van der Waals surface area contributed by atoms with Gasteiger partial charge in [0.2, 0.25) is 11.8 Å². The van der Waals surface area contributed by atoms with Gasteiger partial charge in [-0.05, 0) is 18.1 Å². The third kappa shape index (κ3) is 2.42. The van der Waals surface area contributed by atoms with Crippen LogP contribution in [0.3, 0.4) is 0 Å². The van der Waals surface area contributed by atoms with Crippen molar-refractivity contribution in [3.8, 4) is 0 Å². The number of carboxylic acid groups (broad SMARTS) is 1. The number of rotatable bonds is 4. The van der Waals surface area contributed by atoms with Gasteiger partial charge in [0.25, 0.3) is 0 Å². The van der Waals surface area contributed by atoms with Crippen LogP contribution in [0.25, 0.3) is 0 Å². The molecule has 18 heavy (non-hydrogen) atoms. The Hall–Kier alpha value is -2.11. The monoisotopic (exact) mass is 251 g/mol. The largest absolute Gasteiger partial charge is 0.480 e. The smallest absolute Gasteiger partial charge is 0.327 e. The second kappa shape index (κ2) is 5.03. The number of piperidine rings is 1. The minimum absolute atomic E-state index is 0.0727. The number of aliphatic carboxylic acids is 1. The van der Waals surface area contributed by atoms with Crippen LogP contribution in [0.15, 0.2) is 23.0 Å². The molecule has 0 radical (unpaired) electrons. The van der Waals surface area contributed by atoms with Gasteiger partial charge in [0.05, 0.1) is 12.5 Å². The van der Waals surface area contributed by atoms with Crippen molar-refractivity contribution in [3.63, 3.8) is 0 Å². The number of furan rings is 1. The Bertz CT molecular complexity index is 449. The van der Waals surface area contributed by atoms with E-state index in [0.717, 1.165) is 4.90 Å². The molecule has 2 heterocycles. The van der Waals surface area contributed by atoms with Gasteiger partial charge in [0, 0.05) is 19.3 Å². The van der Waals surface area contributed by atoms with Gasteiger partial charge >= 0.3 is 5.97 Å². The third-order valence-electron chi connectivity index (χ3n) is 2.92. The zero-order chi connectivity index (χ0) is 13.1. The van der Waals surface area contributed by atoms with Gasteiger partial charge in [-0.25, -0.2) is 4.79 Å². The van der Waals surface area contributed by atoms with Gasteiger partial charge in [-0.1, -0.05) is 0 Å². The Morgan fingerprint density at radius 1 is 1.39 bits per heavy atom. The van der Waals surface area contributed by atoms with Crippen LogP contribution in [-0.4, -0.2) is 33.8 Å². The van der Waals surface area contributed by atoms with E-state index in [1.165, 1.54) is 12.5 Å². The van der Waals surface area contributed by atoms with Crippen molar-refractivity contribution in [3.05, 3.63) is 24.2 Å². The van der Waals surface area contributed by atoms with Crippen molar-refractivity contribution < 1.29 is 23.9 Å². The van der Waals surface area contributed by atoms with Crippen molar-refractivity contribution in [2.24, 2.45) is 0 Å². The van der Waals surface area contributed by atoms with Crippen LogP contribution in [0.4, 0.5) is 0 Å².